The molecule has 6 heteroatoms. The zero-order valence-corrected chi connectivity index (χ0v) is 12.6. The van der Waals surface area contributed by atoms with E-state index in [1.54, 1.807) is 12.1 Å². The van der Waals surface area contributed by atoms with Gasteiger partial charge < -0.3 is 20.7 Å². The number of carbonyl (C=O) groups excluding carboxylic acids is 2. The van der Waals surface area contributed by atoms with Crippen LogP contribution in [0.15, 0.2) is 18.2 Å². The van der Waals surface area contributed by atoms with Crippen LogP contribution in [0.25, 0.3) is 0 Å². The normalized spacial score (nSPS) is 16.0. The van der Waals surface area contributed by atoms with Crippen LogP contribution in [0.2, 0.25) is 0 Å². The van der Waals surface area contributed by atoms with Gasteiger partial charge in [0.1, 0.15) is 6.61 Å². The standard InChI is InChI=1S/C15H21N3O3/c1-10-6-12(4-5-13(10)17-11(2)19)18-14(20)7-21-15(3)8-16-9-15/h4-6,16H,7-9H2,1-3H3,(H,17,19)(H,18,20). The predicted octanol–water partition coefficient (Wildman–Crippen LogP) is 1.27. The highest BCUT2D eigenvalue weighted by molar-refractivity contribution is 5.93. The second-order valence-corrected chi connectivity index (χ2v) is 5.60. The molecule has 1 aromatic rings. The first kappa shape index (κ1) is 15.5. The van der Waals surface area contributed by atoms with Crippen LogP contribution in [-0.2, 0) is 14.3 Å². The number of nitrogens with one attached hydrogen (secondary N) is 3. The van der Waals surface area contributed by atoms with Crippen LogP contribution in [0, 0.1) is 6.92 Å². The summed E-state index contributed by atoms with van der Waals surface area (Å²) in [5.74, 6) is -0.305. The first-order chi connectivity index (χ1) is 9.88. The molecule has 1 heterocycles. The van der Waals surface area contributed by atoms with Crippen LogP contribution < -0.4 is 16.0 Å². The van der Waals surface area contributed by atoms with Gasteiger partial charge in [0, 0.05) is 31.4 Å². The molecule has 0 radical (unpaired) electrons. The smallest absolute Gasteiger partial charge is 0.250 e. The third kappa shape index (κ3) is 4.27. The van der Waals surface area contributed by atoms with Crippen molar-refractivity contribution in [2.24, 2.45) is 0 Å². The molecular formula is C15H21N3O3. The fraction of sp³-hybridized carbons (Fsp3) is 0.467. The Labute approximate surface area is 124 Å². The second kappa shape index (κ2) is 6.24. The lowest BCUT2D eigenvalue weighted by Gasteiger charge is -2.38. The van der Waals surface area contributed by atoms with Crippen molar-refractivity contribution in [2.45, 2.75) is 26.4 Å². The Morgan fingerprint density at radius 1 is 1.33 bits per heavy atom. The van der Waals surface area contributed by atoms with Crippen molar-refractivity contribution in [1.82, 2.24) is 5.32 Å². The molecule has 1 aliphatic heterocycles. The van der Waals surface area contributed by atoms with Gasteiger partial charge in [-0.05, 0) is 37.6 Å². The second-order valence-electron chi connectivity index (χ2n) is 5.60. The van der Waals surface area contributed by atoms with Crippen LogP contribution in [0.4, 0.5) is 11.4 Å². The van der Waals surface area contributed by atoms with Gasteiger partial charge in [-0.3, -0.25) is 9.59 Å². The van der Waals surface area contributed by atoms with Crippen molar-refractivity contribution in [2.75, 3.05) is 30.3 Å². The summed E-state index contributed by atoms with van der Waals surface area (Å²) in [6, 6.07) is 5.34. The zero-order valence-electron chi connectivity index (χ0n) is 12.6. The Balaban J connectivity index is 1.88. The minimum Gasteiger partial charge on any atom is -0.363 e. The Hall–Kier alpha value is -1.92. The third-order valence-corrected chi connectivity index (χ3v) is 3.37. The topological polar surface area (TPSA) is 79.5 Å². The minimum absolute atomic E-state index is 0.0324. The lowest BCUT2D eigenvalue weighted by molar-refractivity contribution is -0.130. The maximum absolute atomic E-state index is 11.8. The van der Waals surface area contributed by atoms with Gasteiger partial charge in [0.2, 0.25) is 11.8 Å². The third-order valence-electron chi connectivity index (χ3n) is 3.37. The maximum Gasteiger partial charge on any atom is 0.250 e. The summed E-state index contributed by atoms with van der Waals surface area (Å²) in [5.41, 5.74) is 2.08. The first-order valence-corrected chi connectivity index (χ1v) is 6.91. The number of amides is 2. The molecule has 1 saturated heterocycles. The Morgan fingerprint density at radius 3 is 2.57 bits per heavy atom. The zero-order chi connectivity index (χ0) is 15.5. The summed E-state index contributed by atoms with van der Waals surface area (Å²) in [7, 11) is 0. The lowest BCUT2D eigenvalue weighted by atomic mass is 10.0. The molecule has 0 atom stereocenters. The molecule has 1 aliphatic rings. The van der Waals surface area contributed by atoms with E-state index in [-0.39, 0.29) is 24.0 Å². The fourth-order valence-electron chi connectivity index (χ4n) is 2.09. The van der Waals surface area contributed by atoms with Gasteiger partial charge in [-0.15, -0.1) is 0 Å². The van der Waals surface area contributed by atoms with E-state index >= 15 is 0 Å². The molecule has 1 fully saturated rings. The van der Waals surface area contributed by atoms with Crippen molar-refractivity contribution in [3.8, 4) is 0 Å². The van der Waals surface area contributed by atoms with Crippen molar-refractivity contribution in [3.63, 3.8) is 0 Å². The Bertz CT molecular complexity index is 553. The number of anilines is 2. The average molecular weight is 291 g/mol. The number of rotatable bonds is 5. The molecular weight excluding hydrogens is 270 g/mol. The Morgan fingerprint density at radius 2 is 2.05 bits per heavy atom. The van der Waals surface area contributed by atoms with E-state index in [0.29, 0.717) is 5.69 Å². The van der Waals surface area contributed by atoms with Crippen LogP contribution in [-0.4, -0.2) is 37.1 Å². The van der Waals surface area contributed by atoms with Gasteiger partial charge in [0.05, 0.1) is 5.60 Å². The number of benzene rings is 1. The molecule has 114 valence electrons. The highest BCUT2D eigenvalue weighted by Crippen LogP contribution is 2.20. The molecule has 0 unspecified atom stereocenters. The molecule has 0 aromatic heterocycles. The highest BCUT2D eigenvalue weighted by Gasteiger charge is 2.32. The van der Waals surface area contributed by atoms with E-state index in [1.807, 2.05) is 19.9 Å². The van der Waals surface area contributed by atoms with E-state index in [9.17, 15) is 9.59 Å². The molecule has 2 rings (SSSR count). The van der Waals surface area contributed by atoms with Crippen molar-refractivity contribution >= 4 is 23.2 Å². The van der Waals surface area contributed by atoms with Crippen LogP contribution in [0.3, 0.4) is 0 Å². The first-order valence-electron chi connectivity index (χ1n) is 6.91. The number of hydrogen-bond donors (Lipinski definition) is 3. The summed E-state index contributed by atoms with van der Waals surface area (Å²) < 4.78 is 5.57. The largest absolute Gasteiger partial charge is 0.363 e. The molecule has 6 nitrogen and oxygen atoms in total. The molecule has 3 N–H and O–H groups in total. The molecule has 0 spiro atoms. The summed E-state index contributed by atoms with van der Waals surface area (Å²) in [6.07, 6.45) is 0. The maximum atomic E-state index is 11.8. The van der Waals surface area contributed by atoms with Crippen molar-refractivity contribution < 1.29 is 14.3 Å². The van der Waals surface area contributed by atoms with E-state index in [1.165, 1.54) is 6.92 Å². The van der Waals surface area contributed by atoms with E-state index in [4.69, 9.17) is 4.74 Å². The molecule has 21 heavy (non-hydrogen) atoms. The van der Waals surface area contributed by atoms with Crippen LogP contribution >= 0.6 is 0 Å². The van der Waals surface area contributed by atoms with E-state index < -0.39 is 0 Å². The molecule has 0 bridgehead atoms. The number of carbonyl (C=O) groups is 2. The lowest BCUT2D eigenvalue weighted by Crippen LogP contribution is -2.59. The monoisotopic (exact) mass is 291 g/mol. The summed E-state index contributed by atoms with van der Waals surface area (Å²) >= 11 is 0. The predicted molar refractivity (Wildman–Crippen MR) is 81.3 cm³/mol. The quantitative estimate of drug-likeness (QED) is 0.763. The molecule has 2 amide bonds. The molecule has 1 aromatic carbocycles. The van der Waals surface area contributed by atoms with E-state index in [0.717, 1.165) is 24.3 Å². The number of hydrogen-bond acceptors (Lipinski definition) is 4. The summed E-state index contributed by atoms with van der Waals surface area (Å²) in [6.45, 7) is 6.88. The van der Waals surface area contributed by atoms with Gasteiger partial charge in [0.15, 0.2) is 0 Å². The highest BCUT2D eigenvalue weighted by atomic mass is 16.5. The van der Waals surface area contributed by atoms with Gasteiger partial charge in [-0.25, -0.2) is 0 Å². The molecule has 0 saturated carbocycles. The summed E-state index contributed by atoms with van der Waals surface area (Å²) in [4.78, 5) is 22.9. The van der Waals surface area contributed by atoms with Gasteiger partial charge in [-0.2, -0.15) is 0 Å². The molecule has 0 aliphatic carbocycles. The van der Waals surface area contributed by atoms with Crippen molar-refractivity contribution in [3.05, 3.63) is 23.8 Å². The van der Waals surface area contributed by atoms with Gasteiger partial charge >= 0.3 is 0 Å². The SMILES string of the molecule is CC(=O)Nc1ccc(NC(=O)COC2(C)CNC2)cc1C. The minimum atomic E-state index is -0.234. The van der Waals surface area contributed by atoms with Crippen LogP contribution in [0.1, 0.15) is 19.4 Å². The van der Waals surface area contributed by atoms with Crippen LogP contribution in [0.5, 0.6) is 0 Å². The van der Waals surface area contributed by atoms with Crippen molar-refractivity contribution in [1.29, 1.82) is 0 Å². The van der Waals surface area contributed by atoms with Gasteiger partial charge in [0.25, 0.3) is 0 Å². The fourth-order valence-corrected chi connectivity index (χ4v) is 2.09. The Kier molecular flexibility index (Phi) is 4.59. The van der Waals surface area contributed by atoms with Gasteiger partial charge in [-0.1, -0.05) is 0 Å². The number of aryl methyl sites for hydroxylation is 1. The van der Waals surface area contributed by atoms with E-state index in [2.05, 4.69) is 16.0 Å². The average Bonchev–Trinajstić information content (AvgIpc) is 2.37. The number of ether oxygens (including phenoxy) is 1. The summed E-state index contributed by atoms with van der Waals surface area (Å²) in [5, 5.41) is 8.63.